The Morgan fingerprint density at radius 2 is 1.37 bits per heavy atom. The quantitative estimate of drug-likeness (QED) is 0.492. The van der Waals surface area contributed by atoms with Gasteiger partial charge in [-0.2, -0.15) is 0 Å². The lowest BCUT2D eigenvalue weighted by Crippen LogP contribution is -1.89. The molecule has 2 aromatic heterocycles. The van der Waals surface area contributed by atoms with Gasteiger partial charge in [0.05, 0.1) is 0 Å². The molecule has 4 N–H and O–H groups in total. The minimum absolute atomic E-state index is 0.191. The Kier molecular flexibility index (Phi) is 2.76. The number of nitrogens with zero attached hydrogens (tertiary/aromatic N) is 2. The molecule has 96 valence electrons. The highest BCUT2D eigenvalue weighted by Gasteiger charge is 2.11. The minimum atomic E-state index is 0.191. The first kappa shape index (κ1) is 11.8. The highest BCUT2D eigenvalue weighted by atomic mass is 32.1. The van der Waals surface area contributed by atoms with Crippen molar-refractivity contribution < 1.29 is 8.83 Å². The molecule has 0 saturated carbocycles. The van der Waals surface area contributed by atoms with Crippen molar-refractivity contribution in [1.82, 2.24) is 20.4 Å². The first-order valence-corrected chi connectivity index (χ1v) is 5.96. The molecule has 0 saturated heterocycles. The fraction of sp³-hybridized carbons (Fsp3) is 0. The molecule has 2 heterocycles. The number of hydrogen-bond donors (Lipinski definition) is 3. The van der Waals surface area contributed by atoms with Gasteiger partial charge in [-0.3, -0.25) is 0 Å². The Hall–Kier alpha value is -2.26. The van der Waals surface area contributed by atoms with Crippen LogP contribution >= 0.6 is 24.4 Å². The van der Waals surface area contributed by atoms with Gasteiger partial charge in [-0.1, -0.05) is 0 Å². The normalized spacial score (nSPS) is 10.7. The summed E-state index contributed by atoms with van der Waals surface area (Å²) in [5, 5.41) is 13.0. The molecule has 3 aromatic rings. The van der Waals surface area contributed by atoms with Crippen LogP contribution in [0.4, 0.5) is 5.69 Å². The largest absolute Gasteiger partial charge is 0.409 e. The van der Waals surface area contributed by atoms with Gasteiger partial charge in [0.2, 0.25) is 11.8 Å². The van der Waals surface area contributed by atoms with Crippen LogP contribution in [-0.2, 0) is 0 Å². The standard InChI is InChI=1S/C10H7N5O2S2/c11-6-2-4(7-12-14-9(18)16-7)1-5(3-6)8-13-15-10(19)17-8/h1-3H,11H2,(H,14,18)(H,15,19). The molecule has 1 aromatic carbocycles. The zero-order chi connectivity index (χ0) is 13.4. The maximum absolute atomic E-state index is 5.84. The molecule has 0 unspecified atom stereocenters. The average molecular weight is 293 g/mol. The van der Waals surface area contributed by atoms with Gasteiger partial charge < -0.3 is 14.6 Å². The Morgan fingerprint density at radius 1 is 0.895 bits per heavy atom. The predicted molar refractivity (Wildman–Crippen MR) is 72.2 cm³/mol. The molecule has 0 aliphatic rings. The number of nitrogens with one attached hydrogen (secondary N) is 2. The van der Waals surface area contributed by atoms with Gasteiger partial charge in [-0.15, -0.1) is 10.2 Å². The molecule has 0 atom stereocenters. The van der Waals surface area contributed by atoms with Crippen LogP contribution in [0.3, 0.4) is 0 Å². The molecule has 3 rings (SSSR count). The van der Waals surface area contributed by atoms with Gasteiger partial charge in [0.15, 0.2) is 0 Å². The topological polar surface area (TPSA) is 110 Å². The highest BCUT2D eigenvalue weighted by molar-refractivity contribution is 7.71. The number of H-pyrrole nitrogens is 2. The van der Waals surface area contributed by atoms with Gasteiger partial charge in [-0.25, -0.2) is 10.2 Å². The van der Waals surface area contributed by atoms with E-state index < -0.39 is 0 Å². The fourth-order valence-corrected chi connectivity index (χ4v) is 1.85. The number of aromatic amines is 2. The van der Waals surface area contributed by atoms with Crippen LogP contribution in [-0.4, -0.2) is 20.4 Å². The highest BCUT2D eigenvalue weighted by Crippen LogP contribution is 2.27. The second-order valence-electron chi connectivity index (χ2n) is 3.68. The molecule has 0 amide bonds. The number of anilines is 1. The summed E-state index contributed by atoms with van der Waals surface area (Å²) in [6.07, 6.45) is 0. The van der Waals surface area contributed by atoms with Crippen molar-refractivity contribution in [3.63, 3.8) is 0 Å². The maximum atomic E-state index is 5.84. The third kappa shape index (κ3) is 2.33. The number of nitrogens with two attached hydrogens (primary N) is 1. The lowest BCUT2D eigenvalue weighted by atomic mass is 10.1. The molecule has 0 radical (unpaired) electrons. The molecular weight excluding hydrogens is 286 g/mol. The van der Waals surface area contributed by atoms with Crippen LogP contribution in [0.25, 0.3) is 22.9 Å². The van der Waals surface area contributed by atoms with E-state index in [0.717, 1.165) is 0 Å². The lowest BCUT2D eigenvalue weighted by Gasteiger charge is -2.01. The Bertz CT molecular complexity index is 777. The van der Waals surface area contributed by atoms with Gasteiger partial charge >= 0.3 is 0 Å². The van der Waals surface area contributed by atoms with Crippen molar-refractivity contribution >= 4 is 30.1 Å². The van der Waals surface area contributed by atoms with E-state index in [-0.39, 0.29) is 9.67 Å². The summed E-state index contributed by atoms with van der Waals surface area (Å²) in [5.74, 6) is 0.681. The average Bonchev–Trinajstić information content (AvgIpc) is 2.97. The number of aromatic nitrogens is 4. The number of hydrogen-bond acceptors (Lipinski definition) is 7. The van der Waals surface area contributed by atoms with Crippen LogP contribution < -0.4 is 5.73 Å². The van der Waals surface area contributed by atoms with Crippen molar-refractivity contribution in [3.05, 3.63) is 27.9 Å². The van der Waals surface area contributed by atoms with E-state index in [2.05, 4.69) is 20.4 Å². The minimum Gasteiger partial charge on any atom is -0.409 e. The summed E-state index contributed by atoms with van der Waals surface area (Å²) in [7, 11) is 0. The molecule has 0 aliphatic carbocycles. The fourth-order valence-electron chi connectivity index (χ4n) is 1.61. The summed E-state index contributed by atoms with van der Waals surface area (Å²) in [6.45, 7) is 0. The molecule has 0 fully saturated rings. The van der Waals surface area contributed by atoms with Crippen LogP contribution in [0.1, 0.15) is 0 Å². The van der Waals surface area contributed by atoms with E-state index >= 15 is 0 Å². The van der Waals surface area contributed by atoms with Gasteiger partial charge in [0, 0.05) is 16.8 Å². The summed E-state index contributed by atoms with van der Waals surface area (Å²) in [5.41, 5.74) is 7.67. The van der Waals surface area contributed by atoms with Crippen molar-refractivity contribution in [2.45, 2.75) is 0 Å². The predicted octanol–water partition coefficient (Wildman–Crippen LogP) is 2.69. The zero-order valence-corrected chi connectivity index (χ0v) is 11.0. The van der Waals surface area contributed by atoms with Gasteiger partial charge in [-0.05, 0) is 42.6 Å². The summed E-state index contributed by atoms with van der Waals surface area (Å²) in [6, 6.07) is 5.18. The second-order valence-corrected chi connectivity index (χ2v) is 4.42. The third-order valence-electron chi connectivity index (χ3n) is 2.33. The first-order chi connectivity index (χ1) is 9.11. The van der Waals surface area contributed by atoms with E-state index in [9.17, 15) is 0 Å². The number of benzene rings is 1. The Morgan fingerprint density at radius 3 is 1.74 bits per heavy atom. The monoisotopic (exact) mass is 293 g/mol. The Labute approximate surface area is 116 Å². The molecule has 9 heteroatoms. The first-order valence-electron chi connectivity index (χ1n) is 5.14. The Balaban J connectivity index is 2.15. The second kappa shape index (κ2) is 4.44. The van der Waals surface area contributed by atoms with Crippen LogP contribution in [0.15, 0.2) is 27.0 Å². The number of rotatable bonds is 2. The SMILES string of the molecule is Nc1cc(-c2n[nH]c(=S)o2)cc(-c2n[nH]c(=S)o2)c1. The van der Waals surface area contributed by atoms with E-state index in [1.807, 2.05) is 0 Å². The third-order valence-corrected chi connectivity index (χ3v) is 2.67. The van der Waals surface area contributed by atoms with E-state index in [4.69, 9.17) is 39.0 Å². The summed E-state index contributed by atoms with van der Waals surface area (Å²) < 4.78 is 10.5. The molecule has 19 heavy (non-hydrogen) atoms. The van der Waals surface area contributed by atoms with Crippen LogP contribution in [0, 0.1) is 9.67 Å². The van der Waals surface area contributed by atoms with Crippen molar-refractivity contribution in [1.29, 1.82) is 0 Å². The molecular formula is C10H7N5O2S2. The lowest BCUT2D eigenvalue weighted by molar-refractivity contribution is 0.550. The molecule has 0 bridgehead atoms. The van der Waals surface area contributed by atoms with E-state index in [1.165, 1.54) is 0 Å². The van der Waals surface area contributed by atoms with Crippen LogP contribution in [0.5, 0.6) is 0 Å². The zero-order valence-electron chi connectivity index (χ0n) is 9.34. The molecule has 7 nitrogen and oxygen atoms in total. The smallest absolute Gasteiger partial charge is 0.284 e. The molecule has 0 spiro atoms. The van der Waals surface area contributed by atoms with E-state index in [0.29, 0.717) is 28.6 Å². The van der Waals surface area contributed by atoms with Crippen LogP contribution in [0.2, 0.25) is 0 Å². The number of nitrogen functional groups attached to an aromatic ring is 1. The summed E-state index contributed by atoms with van der Waals surface area (Å²) >= 11 is 9.66. The summed E-state index contributed by atoms with van der Waals surface area (Å²) in [4.78, 5) is 0.382. The van der Waals surface area contributed by atoms with Crippen molar-refractivity contribution in [2.24, 2.45) is 0 Å². The van der Waals surface area contributed by atoms with E-state index in [1.54, 1.807) is 18.2 Å². The van der Waals surface area contributed by atoms with Crippen molar-refractivity contribution in [2.75, 3.05) is 5.73 Å². The molecule has 0 aliphatic heterocycles. The van der Waals surface area contributed by atoms with Crippen molar-refractivity contribution in [3.8, 4) is 22.9 Å². The van der Waals surface area contributed by atoms with Gasteiger partial charge in [0.25, 0.3) is 9.67 Å². The van der Waals surface area contributed by atoms with Gasteiger partial charge in [0.1, 0.15) is 0 Å². The maximum Gasteiger partial charge on any atom is 0.284 e.